The normalized spacial score (nSPS) is 13.6. The van der Waals surface area contributed by atoms with E-state index in [9.17, 15) is 18.0 Å². The van der Waals surface area contributed by atoms with Crippen molar-refractivity contribution in [3.63, 3.8) is 0 Å². The summed E-state index contributed by atoms with van der Waals surface area (Å²) in [5, 5.41) is 5.49. The van der Waals surface area contributed by atoms with Crippen molar-refractivity contribution < 1.29 is 31.4 Å². The number of nitrogens with two attached hydrogens (primary N) is 1. The molecule has 0 heterocycles. The van der Waals surface area contributed by atoms with E-state index in [1.54, 1.807) is 20.8 Å². The highest BCUT2D eigenvalue weighted by atomic mass is 32.2. The number of hydrogen-bond acceptors (Lipinski definition) is 7. The highest BCUT2D eigenvalue weighted by molar-refractivity contribution is 7.86. The van der Waals surface area contributed by atoms with E-state index in [0.717, 1.165) is 13.5 Å². The van der Waals surface area contributed by atoms with Crippen LogP contribution in [0.5, 0.6) is 0 Å². The van der Waals surface area contributed by atoms with E-state index in [4.69, 9.17) is 10.5 Å². The Morgan fingerprint density at radius 1 is 1.10 bits per heavy atom. The summed E-state index contributed by atoms with van der Waals surface area (Å²) in [6.07, 6.45) is 1.76. The summed E-state index contributed by atoms with van der Waals surface area (Å²) >= 11 is 0. The van der Waals surface area contributed by atoms with E-state index in [1.807, 2.05) is 14.1 Å². The largest absolute Gasteiger partial charge is 0.444 e. The Bertz CT molecular complexity index is 631. The number of nitrogens with zero attached hydrogens (tertiary/aromatic N) is 1. The van der Waals surface area contributed by atoms with Gasteiger partial charge < -0.3 is 25.6 Å². The zero-order valence-electron chi connectivity index (χ0n) is 19.3. The van der Waals surface area contributed by atoms with Gasteiger partial charge in [0.25, 0.3) is 10.1 Å². The lowest BCUT2D eigenvalue weighted by Crippen LogP contribution is -2.51. The maximum atomic E-state index is 12.6. The second-order valence-electron chi connectivity index (χ2n) is 8.94. The van der Waals surface area contributed by atoms with Crippen LogP contribution in [-0.4, -0.2) is 89.7 Å². The second kappa shape index (κ2) is 13.1. The minimum Gasteiger partial charge on any atom is -0.444 e. The van der Waals surface area contributed by atoms with Crippen LogP contribution in [0, 0.1) is 0 Å². The van der Waals surface area contributed by atoms with Gasteiger partial charge in [0.15, 0.2) is 0 Å². The lowest BCUT2D eigenvalue weighted by Gasteiger charge is -2.30. The van der Waals surface area contributed by atoms with E-state index in [0.29, 0.717) is 49.9 Å². The first-order chi connectivity index (χ1) is 13.7. The number of alkyl carbamates (subject to hydrolysis) is 1. The Hall–Kier alpha value is -1.43. The summed E-state index contributed by atoms with van der Waals surface area (Å²) < 4.78 is 33.1. The van der Waals surface area contributed by atoms with Crippen LogP contribution in [0.15, 0.2) is 0 Å². The van der Waals surface area contributed by atoms with Crippen molar-refractivity contribution in [2.24, 2.45) is 5.73 Å². The molecule has 1 atom stereocenters. The standard InChI is InChI=1S/C19H40N4O6S/c1-19(2,3)29-18(25)22-16(10-7-8-11-20)17(24)21-12-14-23(4,5)13-9-15-30(26,27)28-6/h16H,7-15,20H2,1-6H3,(H-,21,22,24,25)/p+1. The maximum Gasteiger partial charge on any atom is 0.408 e. The van der Waals surface area contributed by atoms with Crippen LogP contribution in [0.2, 0.25) is 0 Å². The summed E-state index contributed by atoms with van der Waals surface area (Å²) in [5.41, 5.74) is 4.87. The lowest BCUT2D eigenvalue weighted by atomic mass is 10.1. The number of unbranched alkanes of at least 4 members (excludes halogenated alkanes) is 1. The number of ether oxygens (including phenoxy) is 1. The first kappa shape index (κ1) is 28.6. The summed E-state index contributed by atoms with van der Waals surface area (Å²) in [5.74, 6) is -0.319. The number of nitrogens with one attached hydrogen (secondary N) is 2. The van der Waals surface area contributed by atoms with Gasteiger partial charge in [-0.1, -0.05) is 0 Å². The van der Waals surface area contributed by atoms with Gasteiger partial charge in [0.1, 0.15) is 11.6 Å². The minimum absolute atomic E-state index is 0.0411. The summed E-state index contributed by atoms with van der Waals surface area (Å²) in [6, 6.07) is -0.700. The number of amides is 2. The van der Waals surface area contributed by atoms with E-state index >= 15 is 0 Å². The molecule has 0 aromatic heterocycles. The Morgan fingerprint density at radius 2 is 1.73 bits per heavy atom. The highest BCUT2D eigenvalue weighted by Crippen LogP contribution is 2.08. The van der Waals surface area contributed by atoms with E-state index in [2.05, 4.69) is 14.8 Å². The van der Waals surface area contributed by atoms with Crippen molar-refractivity contribution >= 4 is 22.1 Å². The van der Waals surface area contributed by atoms with Crippen molar-refractivity contribution in [1.29, 1.82) is 0 Å². The third kappa shape index (κ3) is 14.5. The fourth-order valence-electron chi connectivity index (χ4n) is 2.68. The molecule has 0 bridgehead atoms. The topological polar surface area (TPSA) is 137 Å². The van der Waals surface area contributed by atoms with Gasteiger partial charge in [0, 0.05) is 6.42 Å². The van der Waals surface area contributed by atoms with Gasteiger partial charge in [-0.3, -0.25) is 8.98 Å². The van der Waals surface area contributed by atoms with Crippen molar-refractivity contribution in [3.05, 3.63) is 0 Å². The van der Waals surface area contributed by atoms with Crippen molar-refractivity contribution in [2.45, 2.75) is 58.1 Å². The predicted octanol–water partition coefficient (Wildman–Crippen LogP) is 0.568. The van der Waals surface area contributed by atoms with Crippen LogP contribution in [0.25, 0.3) is 0 Å². The third-order valence-electron chi connectivity index (χ3n) is 4.38. The van der Waals surface area contributed by atoms with Crippen LogP contribution in [-0.2, 0) is 23.8 Å². The number of hydrogen-bond donors (Lipinski definition) is 3. The molecule has 178 valence electrons. The van der Waals surface area contributed by atoms with Crippen molar-refractivity contribution in [3.8, 4) is 0 Å². The summed E-state index contributed by atoms with van der Waals surface area (Å²) in [4.78, 5) is 24.7. The molecule has 0 fully saturated rings. The molecular formula is C19H41N4O6S+. The molecule has 0 aromatic rings. The van der Waals surface area contributed by atoms with Crippen LogP contribution in [0.3, 0.4) is 0 Å². The zero-order valence-corrected chi connectivity index (χ0v) is 20.1. The van der Waals surface area contributed by atoms with Gasteiger partial charge in [-0.05, 0) is 46.6 Å². The molecule has 0 saturated carbocycles. The number of quaternary nitrogens is 1. The number of carbonyl (C=O) groups is 2. The van der Waals surface area contributed by atoms with Gasteiger partial charge in [0.05, 0.1) is 46.6 Å². The minimum atomic E-state index is -3.46. The smallest absolute Gasteiger partial charge is 0.408 e. The van der Waals surface area contributed by atoms with E-state index in [-0.39, 0.29) is 11.7 Å². The molecule has 2 amide bonds. The third-order valence-corrected chi connectivity index (χ3v) is 5.68. The SMILES string of the molecule is COS(=O)(=O)CCC[N+](C)(C)CCNC(=O)C(CCCCN)NC(=O)OC(C)(C)C. The molecular weight excluding hydrogens is 412 g/mol. The lowest BCUT2D eigenvalue weighted by molar-refractivity contribution is -0.889. The highest BCUT2D eigenvalue weighted by Gasteiger charge is 2.25. The zero-order chi connectivity index (χ0) is 23.4. The first-order valence-corrected chi connectivity index (χ1v) is 11.9. The van der Waals surface area contributed by atoms with E-state index < -0.39 is 27.9 Å². The van der Waals surface area contributed by atoms with E-state index in [1.165, 1.54) is 0 Å². The van der Waals surface area contributed by atoms with Gasteiger partial charge >= 0.3 is 6.09 Å². The molecule has 4 N–H and O–H groups in total. The second-order valence-corrected chi connectivity index (χ2v) is 10.8. The Labute approximate surface area is 181 Å². The number of likely N-dealkylation sites (N-methyl/N-ethyl adjacent to an activating group) is 1. The number of carbonyl (C=O) groups excluding carboxylic acids is 2. The average molecular weight is 454 g/mol. The molecule has 0 saturated heterocycles. The van der Waals surface area contributed by atoms with Gasteiger partial charge in [0.2, 0.25) is 5.91 Å². The molecule has 11 heteroatoms. The molecule has 0 aliphatic carbocycles. The van der Waals surface area contributed by atoms with Crippen LogP contribution in [0.4, 0.5) is 4.79 Å². The van der Waals surface area contributed by atoms with Crippen molar-refractivity contribution in [1.82, 2.24) is 10.6 Å². The molecule has 10 nitrogen and oxygen atoms in total. The number of rotatable bonds is 14. The molecule has 0 radical (unpaired) electrons. The van der Waals surface area contributed by atoms with Gasteiger partial charge in [-0.25, -0.2) is 4.79 Å². The fourth-order valence-corrected chi connectivity index (χ4v) is 3.33. The van der Waals surface area contributed by atoms with Gasteiger partial charge in [-0.2, -0.15) is 8.42 Å². The molecule has 30 heavy (non-hydrogen) atoms. The average Bonchev–Trinajstić information content (AvgIpc) is 2.58. The summed E-state index contributed by atoms with van der Waals surface area (Å²) in [7, 11) is 1.61. The Morgan fingerprint density at radius 3 is 2.27 bits per heavy atom. The summed E-state index contributed by atoms with van der Waals surface area (Å²) in [6.45, 7) is 7.42. The van der Waals surface area contributed by atoms with Crippen LogP contribution in [0.1, 0.15) is 46.5 Å². The first-order valence-electron chi connectivity index (χ1n) is 10.3. The predicted molar refractivity (Wildman–Crippen MR) is 116 cm³/mol. The molecule has 0 aliphatic rings. The quantitative estimate of drug-likeness (QED) is 0.199. The molecule has 0 rings (SSSR count). The fraction of sp³-hybridized carbons (Fsp3) is 0.895. The van der Waals surface area contributed by atoms with Crippen molar-refractivity contribution in [2.75, 3.05) is 53.1 Å². The molecule has 0 spiro atoms. The van der Waals surface area contributed by atoms with Crippen LogP contribution < -0.4 is 16.4 Å². The Balaban J connectivity index is 4.61. The maximum absolute atomic E-state index is 12.6. The monoisotopic (exact) mass is 453 g/mol. The Kier molecular flexibility index (Phi) is 12.5. The molecule has 0 aliphatic heterocycles. The van der Waals surface area contributed by atoms with Gasteiger partial charge in [-0.15, -0.1) is 0 Å². The molecule has 0 aromatic carbocycles. The molecule has 1 unspecified atom stereocenters. The van der Waals surface area contributed by atoms with Crippen LogP contribution >= 0.6 is 0 Å².